The summed E-state index contributed by atoms with van der Waals surface area (Å²) in [5, 5.41) is 2.75. The second-order valence-electron chi connectivity index (χ2n) is 4.42. The van der Waals surface area contributed by atoms with Gasteiger partial charge in [0.15, 0.2) is 0 Å². The Morgan fingerprint density at radius 1 is 1.25 bits per heavy atom. The van der Waals surface area contributed by atoms with Gasteiger partial charge in [0.2, 0.25) is 0 Å². The molecular formula is C15H14BrFN2O. The molecule has 1 amide bonds. The fourth-order valence-electron chi connectivity index (χ4n) is 1.97. The molecule has 0 saturated carbocycles. The van der Waals surface area contributed by atoms with E-state index in [9.17, 15) is 9.18 Å². The van der Waals surface area contributed by atoms with Gasteiger partial charge in [-0.1, -0.05) is 24.3 Å². The number of anilines is 1. The highest BCUT2D eigenvalue weighted by atomic mass is 79.9. The third-order valence-electron chi connectivity index (χ3n) is 3.00. The maximum Gasteiger partial charge on any atom is 0.255 e. The van der Waals surface area contributed by atoms with Crippen molar-refractivity contribution in [2.45, 2.75) is 13.0 Å². The highest BCUT2D eigenvalue weighted by Gasteiger charge is 2.18. The van der Waals surface area contributed by atoms with E-state index in [2.05, 4.69) is 21.2 Å². The number of para-hydroxylation sites is 1. The molecule has 0 aromatic heterocycles. The molecular weight excluding hydrogens is 323 g/mol. The van der Waals surface area contributed by atoms with Crippen LogP contribution < -0.4 is 11.1 Å². The van der Waals surface area contributed by atoms with Crippen molar-refractivity contribution in [3.8, 4) is 0 Å². The van der Waals surface area contributed by atoms with Gasteiger partial charge in [-0.25, -0.2) is 4.39 Å². The summed E-state index contributed by atoms with van der Waals surface area (Å²) in [5.74, 6) is -1.05. The highest BCUT2D eigenvalue weighted by Crippen LogP contribution is 2.23. The Hall–Kier alpha value is -1.88. The topological polar surface area (TPSA) is 55.1 Å². The maximum absolute atomic E-state index is 13.7. The van der Waals surface area contributed by atoms with E-state index in [-0.39, 0.29) is 11.6 Å². The SMILES string of the molecule is CC(NC(=O)c1c(F)cccc1Br)c1ccccc1N. The summed E-state index contributed by atoms with van der Waals surface area (Å²) in [4.78, 5) is 12.2. The lowest BCUT2D eigenvalue weighted by Crippen LogP contribution is -2.28. The zero-order valence-corrected chi connectivity index (χ0v) is 12.4. The molecule has 2 aromatic carbocycles. The summed E-state index contributed by atoms with van der Waals surface area (Å²) in [7, 11) is 0. The van der Waals surface area contributed by atoms with Crippen LogP contribution in [-0.4, -0.2) is 5.91 Å². The number of amides is 1. The van der Waals surface area contributed by atoms with Crippen molar-refractivity contribution in [1.29, 1.82) is 0 Å². The van der Waals surface area contributed by atoms with Crippen LogP contribution in [0.3, 0.4) is 0 Å². The van der Waals surface area contributed by atoms with E-state index in [0.717, 1.165) is 5.56 Å². The minimum Gasteiger partial charge on any atom is -0.398 e. The largest absolute Gasteiger partial charge is 0.398 e. The van der Waals surface area contributed by atoms with E-state index >= 15 is 0 Å². The maximum atomic E-state index is 13.7. The number of benzene rings is 2. The van der Waals surface area contributed by atoms with Gasteiger partial charge in [-0.05, 0) is 46.6 Å². The Balaban J connectivity index is 2.22. The molecule has 5 heteroatoms. The van der Waals surface area contributed by atoms with Gasteiger partial charge in [0.05, 0.1) is 11.6 Å². The molecule has 0 radical (unpaired) electrons. The Bertz CT molecular complexity index is 625. The van der Waals surface area contributed by atoms with Crippen LogP contribution >= 0.6 is 15.9 Å². The van der Waals surface area contributed by atoms with Crippen molar-refractivity contribution in [2.75, 3.05) is 5.73 Å². The van der Waals surface area contributed by atoms with Gasteiger partial charge < -0.3 is 11.1 Å². The van der Waals surface area contributed by atoms with E-state index < -0.39 is 11.7 Å². The predicted molar refractivity (Wildman–Crippen MR) is 80.8 cm³/mol. The lowest BCUT2D eigenvalue weighted by Gasteiger charge is -2.17. The number of carbonyl (C=O) groups excluding carboxylic acids is 1. The summed E-state index contributed by atoms with van der Waals surface area (Å²) in [6.45, 7) is 1.80. The molecule has 0 aliphatic rings. The zero-order valence-electron chi connectivity index (χ0n) is 10.9. The number of nitrogen functional groups attached to an aromatic ring is 1. The first-order valence-corrected chi connectivity index (χ1v) is 6.89. The summed E-state index contributed by atoms with van der Waals surface area (Å²) >= 11 is 3.18. The quantitative estimate of drug-likeness (QED) is 0.840. The van der Waals surface area contributed by atoms with Crippen LogP contribution in [0.4, 0.5) is 10.1 Å². The minimum atomic E-state index is -0.565. The Morgan fingerprint density at radius 3 is 2.60 bits per heavy atom. The van der Waals surface area contributed by atoms with E-state index in [0.29, 0.717) is 10.2 Å². The number of rotatable bonds is 3. The van der Waals surface area contributed by atoms with E-state index in [1.54, 1.807) is 19.1 Å². The third kappa shape index (κ3) is 2.99. The average Bonchev–Trinajstić information content (AvgIpc) is 2.38. The monoisotopic (exact) mass is 336 g/mol. The first kappa shape index (κ1) is 14.5. The number of nitrogens with two attached hydrogens (primary N) is 1. The van der Waals surface area contributed by atoms with Gasteiger partial charge in [0.25, 0.3) is 5.91 Å². The molecule has 2 aromatic rings. The third-order valence-corrected chi connectivity index (χ3v) is 3.66. The summed E-state index contributed by atoms with van der Waals surface area (Å²) in [6.07, 6.45) is 0. The van der Waals surface area contributed by atoms with Gasteiger partial charge in [-0.3, -0.25) is 4.79 Å². The molecule has 1 atom stereocenters. The molecule has 0 spiro atoms. The van der Waals surface area contributed by atoms with Crippen LogP contribution in [0.2, 0.25) is 0 Å². The zero-order chi connectivity index (χ0) is 14.7. The van der Waals surface area contributed by atoms with Crippen molar-refractivity contribution >= 4 is 27.5 Å². The van der Waals surface area contributed by atoms with E-state index in [1.165, 1.54) is 12.1 Å². The molecule has 0 saturated heterocycles. The number of hydrogen-bond acceptors (Lipinski definition) is 2. The lowest BCUT2D eigenvalue weighted by atomic mass is 10.1. The van der Waals surface area contributed by atoms with E-state index in [1.807, 2.05) is 18.2 Å². The van der Waals surface area contributed by atoms with Crippen molar-refractivity contribution in [1.82, 2.24) is 5.32 Å². The summed E-state index contributed by atoms with van der Waals surface area (Å²) < 4.78 is 14.1. The van der Waals surface area contributed by atoms with Gasteiger partial charge in [0.1, 0.15) is 5.82 Å². The molecule has 0 aliphatic heterocycles. The minimum absolute atomic E-state index is 0.00569. The van der Waals surface area contributed by atoms with Gasteiger partial charge in [-0.2, -0.15) is 0 Å². The fourth-order valence-corrected chi connectivity index (χ4v) is 2.49. The molecule has 0 aliphatic carbocycles. The molecule has 0 bridgehead atoms. The standard InChI is InChI=1S/C15H14BrFN2O/c1-9(10-5-2-3-8-13(10)18)19-15(20)14-11(16)6-4-7-12(14)17/h2-9H,18H2,1H3,(H,19,20). The molecule has 0 heterocycles. The molecule has 0 fully saturated rings. The number of halogens is 2. The van der Waals surface area contributed by atoms with E-state index in [4.69, 9.17) is 5.73 Å². The second-order valence-corrected chi connectivity index (χ2v) is 5.28. The van der Waals surface area contributed by atoms with Crippen LogP contribution in [0.25, 0.3) is 0 Å². The molecule has 3 nitrogen and oxygen atoms in total. The van der Waals surface area contributed by atoms with Gasteiger partial charge in [-0.15, -0.1) is 0 Å². The van der Waals surface area contributed by atoms with Crippen molar-refractivity contribution < 1.29 is 9.18 Å². The number of carbonyl (C=O) groups is 1. The van der Waals surface area contributed by atoms with Crippen LogP contribution in [0.5, 0.6) is 0 Å². The predicted octanol–water partition coefficient (Wildman–Crippen LogP) is 3.66. The van der Waals surface area contributed by atoms with Crippen molar-refractivity contribution in [3.05, 3.63) is 63.9 Å². The number of nitrogens with one attached hydrogen (secondary N) is 1. The Labute approximate surface area is 125 Å². The molecule has 3 N–H and O–H groups in total. The van der Waals surface area contributed by atoms with Crippen LogP contribution in [0, 0.1) is 5.82 Å². The van der Waals surface area contributed by atoms with Crippen molar-refractivity contribution in [3.63, 3.8) is 0 Å². The van der Waals surface area contributed by atoms with Crippen LogP contribution in [-0.2, 0) is 0 Å². The first-order valence-electron chi connectivity index (χ1n) is 6.10. The summed E-state index contributed by atoms with van der Waals surface area (Å²) in [5.41, 5.74) is 7.25. The number of hydrogen-bond donors (Lipinski definition) is 2. The molecule has 1 unspecified atom stereocenters. The molecule has 2 rings (SSSR count). The van der Waals surface area contributed by atoms with Crippen molar-refractivity contribution in [2.24, 2.45) is 0 Å². The first-order chi connectivity index (χ1) is 9.50. The van der Waals surface area contributed by atoms with Gasteiger partial charge in [0, 0.05) is 10.2 Å². The van der Waals surface area contributed by atoms with Gasteiger partial charge >= 0.3 is 0 Å². The lowest BCUT2D eigenvalue weighted by molar-refractivity contribution is 0.0935. The molecule has 104 valence electrons. The average molecular weight is 337 g/mol. The smallest absolute Gasteiger partial charge is 0.255 e. The van der Waals surface area contributed by atoms with Crippen LogP contribution in [0.1, 0.15) is 28.9 Å². The normalized spacial score (nSPS) is 11.9. The highest BCUT2D eigenvalue weighted by molar-refractivity contribution is 9.10. The molecule has 20 heavy (non-hydrogen) atoms. The summed E-state index contributed by atoms with van der Waals surface area (Å²) in [6, 6.07) is 11.4. The Kier molecular flexibility index (Phi) is 4.39. The Morgan fingerprint density at radius 2 is 1.95 bits per heavy atom. The fraction of sp³-hybridized carbons (Fsp3) is 0.133. The van der Waals surface area contributed by atoms with Crippen LogP contribution in [0.15, 0.2) is 46.9 Å². The second kappa shape index (κ2) is 6.05.